The number of aromatic nitrogens is 4. The van der Waals surface area contributed by atoms with E-state index < -0.39 is 0 Å². The molecule has 0 saturated carbocycles. The summed E-state index contributed by atoms with van der Waals surface area (Å²) in [6, 6.07) is 0. The summed E-state index contributed by atoms with van der Waals surface area (Å²) >= 11 is 4.19. The van der Waals surface area contributed by atoms with Crippen molar-refractivity contribution < 1.29 is 14.3 Å². The van der Waals surface area contributed by atoms with Gasteiger partial charge in [-0.1, -0.05) is 0 Å². The SMILES string of the molecule is CC(=O)OCCOCn1cnc2c(S)ncnc21. The van der Waals surface area contributed by atoms with E-state index >= 15 is 0 Å². The van der Waals surface area contributed by atoms with Crippen LogP contribution in [0, 0.1) is 0 Å². The quantitative estimate of drug-likeness (QED) is 0.371. The number of esters is 1. The van der Waals surface area contributed by atoms with Crippen molar-refractivity contribution in [2.75, 3.05) is 13.2 Å². The van der Waals surface area contributed by atoms with Gasteiger partial charge in [0.1, 0.15) is 30.2 Å². The molecule has 2 aromatic heterocycles. The Morgan fingerprint density at radius 3 is 3.00 bits per heavy atom. The van der Waals surface area contributed by atoms with E-state index in [9.17, 15) is 4.79 Å². The van der Waals surface area contributed by atoms with E-state index in [1.807, 2.05) is 0 Å². The fourth-order valence-electron chi connectivity index (χ4n) is 1.37. The Bertz CT molecular complexity index is 557. The van der Waals surface area contributed by atoms with Crippen LogP contribution in [0.1, 0.15) is 6.92 Å². The number of fused-ring (bicyclic) bond motifs is 1. The minimum Gasteiger partial charge on any atom is -0.463 e. The molecular formula is C10H12N4O3S. The molecule has 0 spiro atoms. The summed E-state index contributed by atoms with van der Waals surface area (Å²) < 4.78 is 11.8. The summed E-state index contributed by atoms with van der Waals surface area (Å²) in [5.74, 6) is -0.320. The van der Waals surface area contributed by atoms with Gasteiger partial charge in [0, 0.05) is 6.92 Å². The van der Waals surface area contributed by atoms with Crippen LogP contribution in [0.25, 0.3) is 11.2 Å². The molecule has 0 bridgehead atoms. The minimum atomic E-state index is -0.320. The summed E-state index contributed by atoms with van der Waals surface area (Å²) in [5, 5.41) is 0.527. The van der Waals surface area contributed by atoms with Gasteiger partial charge in [0.15, 0.2) is 5.65 Å². The van der Waals surface area contributed by atoms with Gasteiger partial charge in [-0.05, 0) is 0 Å². The van der Waals surface area contributed by atoms with Crippen LogP contribution >= 0.6 is 12.6 Å². The zero-order valence-corrected chi connectivity index (χ0v) is 10.6. The maximum atomic E-state index is 10.5. The summed E-state index contributed by atoms with van der Waals surface area (Å²) in [7, 11) is 0. The van der Waals surface area contributed by atoms with Crippen molar-refractivity contribution in [1.29, 1.82) is 0 Å². The third-order valence-electron chi connectivity index (χ3n) is 2.15. The Morgan fingerprint density at radius 2 is 2.22 bits per heavy atom. The van der Waals surface area contributed by atoms with Gasteiger partial charge in [-0.15, -0.1) is 12.6 Å². The number of hydrogen-bond donors (Lipinski definition) is 1. The van der Waals surface area contributed by atoms with Gasteiger partial charge in [-0.25, -0.2) is 15.0 Å². The van der Waals surface area contributed by atoms with Gasteiger partial charge in [-0.3, -0.25) is 9.36 Å². The molecule has 2 rings (SSSR count). The van der Waals surface area contributed by atoms with Crippen LogP contribution in [0.15, 0.2) is 17.7 Å². The van der Waals surface area contributed by atoms with E-state index in [0.717, 1.165) is 0 Å². The van der Waals surface area contributed by atoms with E-state index in [4.69, 9.17) is 9.47 Å². The number of carbonyl (C=O) groups excluding carboxylic acids is 1. The third-order valence-corrected chi connectivity index (χ3v) is 2.47. The zero-order valence-electron chi connectivity index (χ0n) is 9.74. The fourth-order valence-corrected chi connectivity index (χ4v) is 1.58. The van der Waals surface area contributed by atoms with Crippen LogP contribution in [-0.4, -0.2) is 38.7 Å². The third kappa shape index (κ3) is 2.96. The summed E-state index contributed by atoms with van der Waals surface area (Å²) in [6.45, 7) is 2.18. The molecule has 18 heavy (non-hydrogen) atoms. The average Bonchev–Trinajstić information content (AvgIpc) is 2.73. The molecule has 2 aromatic rings. The molecule has 0 aromatic carbocycles. The number of rotatable bonds is 5. The molecule has 0 aliphatic rings. The van der Waals surface area contributed by atoms with Gasteiger partial charge in [0.2, 0.25) is 0 Å². The van der Waals surface area contributed by atoms with E-state index in [1.54, 1.807) is 10.9 Å². The lowest BCUT2D eigenvalue weighted by molar-refractivity contribution is -0.142. The Balaban J connectivity index is 1.92. The molecule has 0 aliphatic carbocycles. The smallest absolute Gasteiger partial charge is 0.302 e. The first-order chi connectivity index (χ1) is 8.68. The zero-order chi connectivity index (χ0) is 13.0. The van der Waals surface area contributed by atoms with Crippen LogP contribution in [0.4, 0.5) is 0 Å². The first-order valence-corrected chi connectivity index (χ1v) is 5.69. The lowest BCUT2D eigenvalue weighted by Gasteiger charge is -2.05. The fraction of sp³-hybridized carbons (Fsp3) is 0.400. The Kier molecular flexibility index (Phi) is 4.11. The van der Waals surface area contributed by atoms with Crippen molar-refractivity contribution in [3.05, 3.63) is 12.7 Å². The summed E-state index contributed by atoms with van der Waals surface area (Å²) in [4.78, 5) is 22.7. The molecular weight excluding hydrogens is 256 g/mol. The second kappa shape index (κ2) is 5.78. The van der Waals surface area contributed by atoms with Crippen molar-refractivity contribution >= 4 is 29.8 Å². The molecule has 8 heteroatoms. The molecule has 0 radical (unpaired) electrons. The Hall–Kier alpha value is -1.67. The maximum absolute atomic E-state index is 10.5. The highest BCUT2D eigenvalue weighted by molar-refractivity contribution is 7.80. The number of nitrogens with zero attached hydrogens (tertiary/aromatic N) is 4. The Labute approximate surface area is 109 Å². The van der Waals surface area contributed by atoms with E-state index in [2.05, 4.69) is 27.6 Å². The molecule has 2 heterocycles. The van der Waals surface area contributed by atoms with E-state index in [0.29, 0.717) is 22.8 Å². The molecule has 0 fully saturated rings. The number of hydrogen-bond acceptors (Lipinski definition) is 7. The molecule has 0 atom stereocenters. The first-order valence-electron chi connectivity index (χ1n) is 5.24. The van der Waals surface area contributed by atoms with Gasteiger partial charge in [0.25, 0.3) is 0 Å². The van der Waals surface area contributed by atoms with Crippen molar-refractivity contribution in [3.63, 3.8) is 0 Å². The monoisotopic (exact) mass is 268 g/mol. The van der Waals surface area contributed by atoms with Gasteiger partial charge in [0.05, 0.1) is 12.9 Å². The van der Waals surface area contributed by atoms with E-state index in [-0.39, 0.29) is 19.3 Å². The number of carbonyl (C=O) groups is 1. The van der Waals surface area contributed by atoms with Crippen molar-refractivity contribution in [2.24, 2.45) is 0 Å². The highest BCUT2D eigenvalue weighted by Gasteiger charge is 2.07. The number of imidazole rings is 1. The summed E-state index contributed by atoms with van der Waals surface area (Å²) in [6.07, 6.45) is 3.02. The molecule has 0 amide bonds. The molecule has 0 aliphatic heterocycles. The van der Waals surface area contributed by atoms with Crippen LogP contribution in [0.3, 0.4) is 0 Å². The van der Waals surface area contributed by atoms with Crippen molar-refractivity contribution in [1.82, 2.24) is 19.5 Å². The minimum absolute atomic E-state index is 0.231. The Morgan fingerprint density at radius 1 is 1.39 bits per heavy atom. The molecule has 0 N–H and O–H groups in total. The topological polar surface area (TPSA) is 79.1 Å². The second-order valence-corrected chi connectivity index (χ2v) is 3.88. The molecule has 96 valence electrons. The normalized spacial score (nSPS) is 10.8. The first kappa shape index (κ1) is 12.8. The number of ether oxygens (including phenoxy) is 2. The van der Waals surface area contributed by atoms with Crippen molar-refractivity contribution in [3.8, 4) is 0 Å². The van der Waals surface area contributed by atoms with Gasteiger partial charge < -0.3 is 9.47 Å². The predicted octanol–water partition coefficient (Wildman–Crippen LogP) is 0.652. The second-order valence-electron chi connectivity index (χ2n) is 3.46. The molecule has 7 nitrogen and oxygen atoms in total. The van der Waals surface area contributed by atoms with Gasteiger partial charge in [-0.2, -0.15) is 0 Å². The standard InChI is InChI=1S/C10H12N4O3S/c1-7(15)17-3-2-16-6-14-5-13-8-9(14)11-4-12-10(8)18/h4-5H,2-3,6H2,1H3,(H,11,12,18). The van der Waals surface area contributed by atoms with E-state index in [1.165, 1.54) is 13.3 Å². The summed E-state index contributed by atoms with van der Waals surface area (Å²) in [5.41, 5.74) is 1.28. The van der Waals surface area contributed by atoms with Gasteiger partial charge >= 0.3 is 5.97 Å². The molecule has 0 unspecified atom stereocenters. The number of thiol groups is 1. The lowest BCUT2D eigenvalue weighted by atomic mass is 10.5. The largest absolute Gasteiger partial charge is 0.463 e. The highest BCUT2D eigenvalue weighted by Crippen LogP contribution is 2.15. The van der Waals surface area contributed by atoms with Crippen LogP contribution in [-0.2, 0) is 21.0 Å². The van der Waals surface area contributed by atoms with Crippen LogP contribution in [0.5, 0.6) is 0 Å². The molecule has 0 saturated heterocycles. The van der Waals surface area contributed by atoms with Crippen molar-refractivity contribution in [2.45, 2.75) is 18.7 Å². The van der Waals surface area contributed by atoms with Crippen LogP contribution in [0.2, 0.25) is 0 Å². The average molecular weight is 268 g/mol. The van der Waals surface area contributed by atoms with Crippen LogP contribution < -0.4 is 0 Å². The maximum Gasteiger partial charge on any atom is 0.302 e. The highest BCUT2D eigenvalue weighted by atomic mass is 32.1. The lowest BCUT2D eigenvalue weighted by Crippen LogP contribution is -2.10. The predicted molar refractivity (Wildman–Crippen MR) is 65.2 cm³/mol.